The van der Waals surface area contributed by atoms with E-state index in [2.05, 4.69) is 20.9 Å². The van der Waals surface area contributed by atoms with Crippen molar-refractivity contribution in [2.75, 3.05) is 37.7 Å². The number of anilines is 1. The molecule has 0 spiro atoms. The van der Waals surface area contributed by atoms with Crippen LogP contribution >= 0.6 is 0 Å². The first-order valence-electron chi connectivity index (χ1n) is 13.0. The van der Waals surface area contributed by atoms with Crippen molar-refractivity contribution >= 4 is 11.5 Å². The molecular weight excluding hydrogens is 467 g/mol. The van der Waals surface area contributed by atoms with Crippen LogP contribution in [0.25, 0.3) is 16.9 Å². The molecule has 0 saturated carbocycles. The van der Waals surface area contributed by atoms with E-state index in [1.54, 1.807) is 24.4 Å². The third-order valence-electron chi connectivity index (χ3n) is 7.39. The monoisotopic (exact) mass is 496 g/mol. The minimum absolute atomic E-state index is 0.0816. The maximum absolute atomic E-state index is 13.9. The molecule has 2 aromatic carbocycles. The quantitative estimate of drug-likeness (QED) is 0.349. The van der Waals surface area contributed by atoms with E-state index in [0.29, 0.717) is 17.9 Å². The topological polar surface area (TPSA) is 69.7 Å². The fraction of sp³-hybridized carbons (Fsp3) is 0.345. The van der Waals surface area contributed by atoms with Gasteiger partial charge in [-0.3, -0.25) is 4.90 Å². The smallest absolute Gasteiger partial charge is 0.154 e. The Hall–Kier alpha value is -3.96. The van der Waals surface area contributed by atoms with Crippen molar-refractivity contribution in [1.29, 1.82) is 5.26 Å². The van der Waals surface area contributed by atoms with Crippen LogP contribution in [0, 0.1) is 17.1 Å². The summed E-state index contributed by atoms with van der Waals surface area (Å²) in [6.07, 6.45) is 6.25. The second-order valence-electron chi connectivity index (χ2n) is 9.73. The second kappa shape index (κ2) is 10.2. The first-order chi connectivity index (χ1) is 18.2. The molecule has 4 heterocycles. The summed E-state index contributed by atoms with van der Waals surface area (Å²) in [6.45, 7) is 4.49. The Morgan fingerprint density at radius 3 is 2.76 bits per heavy atom. The van der Waals surface area contributed by atoms with E-state index in [9.17, 15) is 9.65 Å². The third kappa shape index (κ3) is 4.75. The van der Waals surface area contributed by atoms with E-state index in [0.717, 1.165) is 67.3 Å². The Morgan fingerprint density at radius 2 is 1.92 bits per heavy atom. The molecule has 1 unspecified atom stereocenters. The van der Waals surface area contributed by atoms with Crippen LogP contribution in [0.4, 0.5) is 10.2 Å². The number of ether oxygens (including phenoxy) is 1. The number of hydrogen-bond donors (Lipinski definition) is 0. The van der Waals surface area contributed by atoms with E-state index < -0.39 is 0 Å². The number of nitriles is 1. The highest BCUT2D eigenvalue weighted by atomic mass is 19.1. The molecule has 0 aliphatic carbocycles. The maximum Gasteiger partial charge on any atom is 0.154 e. The highest BCUT2D eigenvalue weighted by Gasteiger charge is 2.28. The largest absolute Gasteiger partial charge is 0.491 e. The number of nitrogens with zero attached hydrogens (tertiary/aromatic N) is 6. The molecule has 2 aliphatic heterocycles. The van der Waals surface area contributed by atoms with E-state index >= 15 is 0 Å². The first-order valence-corrected chi connectivity index (χ1v) is 13.0. The Bertz CT molecular complexity index is 1450. The fourth-order valence-electron chi connectivity index (χ4n) is 5.50. The Labute approximate surface area is 215 Å². The zero-order valence-electron chi connectivity index (χ0n) is 20.7. The van der Waals surface area contributed by atoms with Gasteiger partial charge in [0.15, 0.2) is 5.65 Å². The fourth-order valence-corrected chi connectivity index (χ4v) is 5.50. The van der Waals surface area contributed by atoms with Crippen molar-refractivity contribution in [3.63, 3.8) is 0 Å². The molecule has 6 rings (SSSR count). The number of benzene rings is 2. The Morgan fingerprint density at radius 1 is 1.03 bits per heavy atom. The zero-order valence-corrected chi connectivity index (χ0v) is 20.7. The van der Waals surface area contributed by atoms with Gasteiger partial charge in [-0.25, -0.2) is 13.9 Å². The number of imidazole rings is 1. The van der Waals surface area contributed by atoms with Crippen molar-refractivity contribution in [2.24, 2.45) is 0 Å². The van der Waals surface area contributed by atoms with Gasteiger partial charge in [0.2, 0.25) is 0 Å². The minimum atomic E-state index is -0.219. The lowest BCUT2D eigenvalue weighted by atomic mass is 10.0. The summed E-state index contributed by atoms with van der Waals surface area (Å²) in [5.41, 5.74) is 3.93. The van der Waals surface area contributed by atoms with Gasteiger partial charge in [0.05, 0.1) is 23.5 Å². The number of aromatic nitrogens is 3. The van der Waals surface area contributed by atoms with Gasteiger partial charge in [-0.2, -0.15) is 5.26 Å². The van der Waals surface area contributed by atoms with E-state index in [-0.39, 0.29) is 11.9 Å². The molecule has 1 atom stereocenters. The molecule has 0 amide bonds. The summed E-state index contributed by atoms with van der Waals surface area (Å²) in [5.74, 6) is 1.19. The average molecular weight is 497 g/mol. The average Bonchev–Trinajstić information content (AvgIpc) is 3.69. The standard InChI is InChI=1S/C29H29FN6O/c30-24-6-3-5-21(17-24)25-7-4-14-35(25)29-11-10-28-32-20-26(36(28)33-29)22-8-9-23(19-31)27(18-22)37-16-15-34-12-1-2-13-34/h3,5-6,8-11,17-18,20,25H,1-2,4,7,12-16H2. The van der Waals surface area contributed by atoms with Crippen molar-refractivity contribution in [3.8, 4) is 23.1 Å². The normalized spacial score (nSPS) is 17.9. The molecule has 188 valence electrons. The molecule has 0 N–H and O–H groups in total. The van der Waals surface area contributed by atoms with Crippen molar-refractivity contribution in [3.05, 3.63) is 77.7 Å². The molecule has 2 aliphatic rings. The summed E-state index contributed by atoms with van der Waals surface area (Å²) in [6, 6.07) is 18.7. The molecule has 37 heavy (non-hydrogen) atoms. The lowest BCUT2D eigenvalue weighted by Crippen LogP contribution is -2.25. The van der Waals surface area contributed by atoms with Gasteiger partial charge < -0.3 is 9.64 Å². The van der Waals surface area contributed by atoms with Crippen molar-refractivity contribution in [2.45, 2.75) is 31.7 Å². The van der Waals surface area contributed by atoms with Crippen molar-refractivity contribution < 1.29 is 9.13 Å². The SMILES string of the molecule is N#Cc1ccc(-c2cnc3ccc(N4CCCC4c4cccc(F)c4)nn23)cc1OCCN1CCCC1. The molecule has 0 bridgehead atoms. The molecular formula is C29H29FN6O. The molecule has 0 radical (unpaired) electrons. The van der Waals surface area contributed by atoms with Gasteiger partial charge in [0, 0.05) is 18.7 Å². The summed E-state index contributed by atoms with van der Waals surface area (Å²) in [5, 5.41) is 14.6. The van der Waals surface area contributed by atoms with Gasteiger partial charge in [0.1, 0.15) is 30.1 Å². The lowest BCUT2D eigenvalue weighted by molar-refractivity contribution is 0.237. The maximum atomic E-state index is 13.9. The van der Waals surface area contributed by atoms with Crippen LogP contribution in [0.3, 0.4) is 0 Å². The zero-order chi connectivity index (χ0) is 25.2. The molecule has 8 heteroatoms. The van der Waals surface area contributed by atoms with Gasteiger partial charge >= 0.3 is 0 Å². The third-order valence-corrected chi connectivity index (χ3v) is 7.39. The first kappa shape index (κ1) is 23.4. The lowest BCUT2D eigenvalue weighted by Gasteiger charge is -2.26. The van der Waals surface area contributed by atoms with Gasteiger partial charge in [-0.1, -0.05) is 18.2 Å². The summed E-state index contributed by atoms with van der Waals surface area (Å²) >= 11 is 0. The van der Waals surface area contributed by atoms with Crippen LogP contribution in [0.15, 0.2) is 60.8 Å². The second-order valence-corrected chi connectivity index (χ2v) is 9.73. The number of rotatable bonds is 7. The van der Waals surface area contributed by atoms with Crippen LogP contribution in [0.5, 0.6) is 5.75 Å². The Kier molecular flexibility index (Phi) is 6.46. The number of fused-ring (bicyclic) bond motifs is 1. The predicted molar refractivity (Wildman–Crippen MR) is 140 cm³/mol. The van der Waals surface area contributed by atoms with E-state index in [1.807, 2.05) is 34.8 Å². The van der Waals surface area contributed by atoms with Crippen LogP contribution < -0.4 is 9.64 Å². The molecule has 4 aromatic rings. The van der Waals surface area contributed by atoms with Crippen molar-refractivity contribution in [1.82, 2.24) is 19.5 Å². The molecule has 2 saturated heterocycles. The summed E-state index contributed by atoms with van der Waals surface area (Å²) < 4.78 is 21.8. The van der Waals surface area contributed by atoms with Crippen LogP contribution in [0.2, 0.25) is 0 Å². The van der Waals surface area contributed by atoms with Gasteiger partial charge in [-0.15, -0.1) is 5.10 Å². The van der Waals surface area contributed by atoms with E-state index in [1.165, 1.54) is 18.9 Å². The predicted octanol–water partition coefficient (Wildman–Crippen LogP) is 5.22. The van der Waals surface area contributed by atoms with Crippen LogP contribution in [-0.2, 0) is 0 Å². The van der Waals surface area contributed by atoms with Gasteiger partial charge in [-0.05, 0) is 80.7 Å². The van der Waals surface area contributed by atoms with Crippen LogP contribution in [-0.4, -0.2) is 52.3 Å². The summed E-state index contributed by atoms with van der Waals surface area (Å²) in [7, 11) is 0. The van der Waals surface area contributed by atoms with E-state index in [4.69, 9.17) is 9.84 Å². The molecule has 2 fully saturated rings. The molecule has 7 nitrogen and oxygen atoms in total. The summed E-state index contributed by atoms with van der Waals surface area (Å²) in [4.78, 5) is 9.19. The number of likely N-dealkylation sites (tertiary alicyclic amines) is 1. The number of halogens is 1. The number of hydrogen-bond acceptors (Lipinski definition) is 6. The highest BCUT2D eigenvalue weighted by Crippen LogP contribution is 2.36. The molecule has 2 aromatic heterocycles. The van der Waals surface area contributed by atoms with Gasteiger partial charge in [0.25, 0.3) is 0 Å². The Balaban J connectivity index is 1.29. The minimum Gasteiger partial charge on any atom is -0.491 e. The highest BCUT2D eigenvalue weighted by molar-refractivity contribution is 5.67. The van der Waals surface area contributed by atoms with Crippen LogP contribution in [0.1, 0.15) is 42.9 Å².